The van der Waals surface area contributed by atoms with Gasteiger partial charge in [0.25, 0.3) is 0 Å². The monoisotopic (exact) mass is 431 g/mol. The second-order valence-corrected chi connectivity index (χ2v) is 10.4. The van der Waals surface area contributed by atoms with Gasteiger partial charge < -0.3 is 0 Å². The van der Waals surface area contributed by atoms with Crippen molar-refractivity contribution in [2.24, 2.45) is 0 Å². The van der Waals surface area contributed by atoms with E-state index in [1.807, 2.05) is 0 Å². The quantitative estimate of drug-likeness (QED) is 0.251. The fourth-order valence-corrected chi connectivity index (χ4v) is 6.65. The maximum Gasteiger partial charge on any atom is 0.172 e. The summed E-state index contributed by atoms with van der Waals surface area (Å²) in [5, 5.41) is 0. The lowest BCUT2D eigenvalue weighted by Gasteiger charge is -2.18. The summed E-state index contributed by atoms with van der Waals surface area (Å²) in [6, 6.07) is 27.5. The summed E-state index contributed by atoms with van der Waals surface area (Å²) < 4.78 is 0. The SMILES string of the molecule is CCCCc1cc(CCCC)c([S+](c2ccccc2)c2ccccc2)c(CCCC)c1. The molecule has 164 valence electrons. The van der Waals surface area contributed by atoms with Gasteiger partial charge in [-0.1, -0.05) is 88.6 Å². The molecule has 0 bridgehead atoms. The van der Waals surface area contributed by atoms with Crippen LogP contribution in [0.25, 0.3) is 0 Å². The summed E-state index contributed by atoms with van der Waals surface area (Å²) in [5.74, 6) is 0. The van der Waals surface area contributed by atoms with Crippen molar-refractivity contribution >= 4 is 10.9 Å². The zero-order chi connectivity index (χ0) is 21.9. The van der Waals surface area contributed by atoms with Gasteiger partial charge in [-0.3, -0.25) is 0 Å². The smallest absolute Gasteiger partial charge is 0.0654 e. The van der Waals surface area contributed by atoms with E-state index in [1.165, 1.54) is 67.6 Å². The zero-order valence-corrected chi connectivity index (χ0v) is 20.5. The fraction of sp³-hybridized carbons (Fsp3) is 0.400. The van der Waals surface area contributed by atoms with Crippen molar-refractivity contribution in [3.8, 4) is 0 Å². The van der Waals surface area contributed by atoms with E-state index < -0.39 is 0 Å². The topological polar surface area (TPSA) is 0 Å². The Morgan fingerprint density at radius 1 is 0.548 bits per heavy atom. The molecule has 0 aliphatic carbocycles. The summed E-state index contributed by atoms with van der Waals surface area (Å²) in [7, 11) is -0.0587. The molecule has 3 aromatic rings. The van der Waals surface area contributed by atoms with Crippen LogP contribution in [0.4, 0.5) is 0 Å². The molecule has 1 heteroatoms. The minimum atomic E-state index is -0.0587. The third kappa shape index (κ3) is 6.50. The minimum absolute atomic E-state index is 0.0587. The van der Waals surface area contributed by atoms with Crippen LogP contribution in [-0.2, 0) is 30.2 Å². The van der Waals surface area contributed by atoms with Gasteiger partial charge in [0, 0.05) is 11.1 Å². The Kier molecular flexibility index (Phi) is 9.75. The molecule has 0 saturated heterocycles. The number of unbranched alkanes of at least 4 members (excludes halogenated alkanes) is 3. The van der Waals surface area contributed by atoms with E-state index in [1.54, 1.807) is 21.6 Å². The van der Waals surface area contributed by atoms with Crippen molar-refractivity contribution in [1.82, 2.24) is 0 Å². The second-order valence-electron chi connectivity index (χ2n) is 8.49. The van der Waals surface area contributed by atoms with Crippen molar-refractivity contribution in [2.45, 2.75) is 93.2 Å². The average Bonchev–Trinajstić information content (AvgIpc) is 2.82. The number of hydrogen-bond donors (Lipinski definition) is 0. The van der Waals surface area contributed by atoms with Crippen LogP contribution in [0.1, 0.15) is 76.0 Å². The molecule has 0 amide bonds. The molecule has 3 aromatic carbocycles. The molecular weight excluding hydrogens is 392 g/mol. The van der Waals surface area contributed by atoms with Crippen LogP contribution in [0, 0.1) is 0 Å². The van der Waals surface area contributed by atoms with Crippen molar-refractivity contribution in [1.29, 1.82) is 0 Å². The van der Waals surface area contributed by atoms with Crippen molar-refractivity contribution < 1.29 is 0 Å². The van der Waals surface area contributed by atoms with Crippen molar-refractivity contribution in [3.63, 3.8) is 0 Å². The molecule has 3 rings (SSSR count). The zero-order valence-electron chi connectivity index (χ0n) is 19.7. The van der Waals surface area contributed by atoms with Gasteiger partial charge in [0.15, 0.2) is 14.7 Å². The van der Waals surface area contributed by atoms with Gasteiger partial charge in [0.1, 0.15) is 0 Å². The molecule has 0 aliphatic heterocycles. The van der Waals surface area contributed by atoms with Crippen LogP contribution in [0.3, 0.4) is 0 Å². The summed E-state index contributed by atoms with van der Waals surface area (Å²) in [4.78, 5) is 4.48. The largest absolute Gasteiger partial charge is 0.172 e. The Bertz CT molecular complexity index is 830. The summed E-state index contributed by atoms with van der Waals surface area (Å²) >= 11 is 0. The van der Waals surface area contributed by atoms with Gasteiger partial charge in [-0.25, -0.2) is 0 Å². The lowest BCUT2D eigenvalue weighted by atomic mass is 9.96. The molecule has 0 heterocycles. The van der Waals surface area contributed by atoms with Gasteiger partial charge in [-0.15, -0.1) is 0 Å². The molecule has 0 nitrogen and oxygen atoms in total. The lowest BCUT2D eigenvalue weighted by molar-refractivity contribution is 0.748. The van der Waals surface area contributed by atoms with Crippen LogP contribution < -0.4 is 0 Å². The first-order valence-corrected chi connectivity index (χ1v) is 13.5. The highest BCUT2D eigenvalue weighted by Gasteiger charge is 2.33. The van der Waals surface area contributed by atoms with Gasteiger partial charge in [0.2, 0.25) is 0 Å². The maximum atomic E-state index is 2.56. The normalized spacial score (nSPS) is 11.2. The lowest BCUT2D eigenvalue weighted by Crippen LogP contribution is -2.12. The first-order chi connectivity index (χ1) is 15.3. The second kappa shape index (κ2) is 12.8. The van der Waals surface area contributed by atoms with E-state index in [0.717, 1.165) is 0 Å². The first kappa shape index (κ1) is 23.7. The standard InChI is InChI=1S/C30H39S/c1-4-7-16-25-23-26(17-8-5-2)30(27(24-25)18-9-6-3)31(28-19-12-10-13-20-28)29-21-14-11-15-22-29/h10-15,19-24H,4-9,16-18H2,1-3H3/q+1. The summed E-state index contributed by atoms with van der Waals surface area (Å²) in [6.45, 7) is 6.92. The minimum Gasteiger partial charge on any atom is -0.0654 e. The van der Waals surface area contributed by atoms with Gasteiger partial charge in [-0.05, 0) is 68.4 Å². The third-order valence-electron chi connectivity index (χ3n) is 5.88. The molecule has 0 unspecified atom stereocenters. The Hall–Kier alpha value is -1.99. The molecule has 0 aromatic heterocycles. The number of rotatable bonds is 12. The highest BCUT2D eigenvalue weighted by atomic mass is 32.2. The molecule has 0 N–H and O–H groups in total. The van der Waals surface area contributed by atoms with Crippen LogP contribution in [0.15, 0.2) is 87.5 Å². The third-order valence-corrected chi connectivity index (χ3v) is 8.30. The number of aryl methyl sites for hydroxylation is 3. The van der Waals surface area contributed by atoms with Crippen LogP contribution in [0.5, 0.6) is 0 Å². The molecule has 0 saturated carbocycles. The predicted molar refractivity (Wildman–Crippen MR) is 137 cm³/mol. The van der Waals surface area contributed by atoms with E-state index in [4.69, 9.17) is 0 Å². The Labute approximate surface area is 193 Å². The number of benzene rings is 3. The van der Waals surface area contributed by atoms with Crippen molar-refractivity contribution in [3.05, 3.63) is 89.5 Å². The first-order valence-electron chi connectivity index (χ1n) is 12.3. The van der Waals surface area contributed by atoms with E-state index in [0.29, 0.717) is 0 Å². The average molecular weight is 432 g/mol. The molecule has 0 aliphatic rings. The van der Waals surface area contributed by atoms with E-state index in [9.17, 15) is 0 Å². The van der Waals surface area contributed by atoms with Gasteiger partial charge in [-0.2, -0.15) is 0 Å². The summed E-state index contributed by atoms with van der Waals surface area (Å²) in [6.07, 6.45) is 11.1. The fourth-order valence-electron chi connectivity index (χ4n) is 4.20. The van der Waals surface area contributed by atoms with Gasteiger partial charge >= 0.3 is 0 Å². The predicted octanol–water partition coefficient (Wildman–Crippen LogP) is 8.81. The molecule has 0 spiro atoms. The Morgan fingerprint density at radius 3 is 1.39 bits per heavy atom. The molecule has 31 heavy (non-hydrogen) atoms. The Morgan fingerprint density at radius 2 is 0.968 bits per heavy atom. The Balaban J connectivity index is 2.21. The summed E-state index contributed by atoms with van der Waals surface area (Å²) in [5.41, 5.74) is 4.74. The number of hydrogen-bond acceptors (Lipinski definition) is 0. The van der Waals surface area contributed by atoms with E-state index in [-0.39, 0.29) is 10.9 Å². The van der Waals surface area contributed by atoms with Crippen molar-refractivity contribution in [2.75, 3.05) is 0 Å². The van der Waals surface area contributed by atoms with E-state index >= 15 is 0 Å². The van der Waals surface area contributed by atoms with Crippen LogP contribution in [-0.4, -0.2) is 0 Å². The molecule has 0 radical (unpaired) electrons. The molecule has 0 fully saturated rings. The maximum absolute atomic E-state index is 2.56. The van der Waals surface area contributed by atoms with Gasteiger partial charge in [0.05, 0.1) is 10.9 Å². The highest BCUT2D eigenvalue weighted by molar-refractivity contribution is 7.97. The molecular formula is C30H39S+. The van der Waals surface area contributed by atoms with Crippen LogP contribution >= 0.6 is 0 Å². The highest BCUT2D eigenvalue weighted by Crippen LogP contribution is 2.37. The molecule has 0 atom stereocenters. The van der Waals surface area contributed by atoms with Crippen LogP contribution in [0.2, 0.25) is 0 Å². The van der Waals surface area contributed by atoms with E-state index in [2.05, 4.69) is 93.6 Å².